The molecule has 0 radical (unpaired) electrons. The fraction of sp³-hybridized carbons (Fsp3) is 0.231. The van der Waals surface area contributed by atoms with Crippen LogP contribution in [0.15, 0.2) is 35.9 Å². The zero-order valence-electron chi connectivity index (χ0n) is 10.6. The summed E-state index contributed by atoms with van der Waals surface area (Å²) >= 11 is 0. The number of anilines is 1. The first-order valence-electron chi connectivity index (χ1n) is 5.43. The molecule has 0 amide bonds. The van der Waals surface area contributed by atoms with E-state index < -0.39 is 11.6 Å². The number of hydrogen-bond donors (Lipinski definition) is 2. The number of nitrogens with two attached hydrogens (primary N) is 1. The third-order valence-corrected chi connectivity index (χ3v) is 2.29. The first-order chi connectivity index (χ1) is 8.49. The number of aryl methyl sites for hydroxylation is 1. The van der Waals surface area contributed by atoms with Crippen molar-refractivity contribution in [3.8, 4) is 5.75 Å². The normalized spacial score (nSPS) is 12.6. The monoisotopic (exact) mass is 254 g/mol. The second-order valence-electron chi connectivity index (χ2n) is 3.74. The summed E-state index contributed by atoms with van der Waals surface area (Å²) in [5, 5.41) is 0. The van der Waals surface area contributed by atoms with Gasteiger partial charge < -0.3 is 10.2 Å². The van der Waals surface area contributed by atoms with Gasteiger partial charge >= 0.3 is 0 Å². The van der Waals surface area contributed by atoms with E-state index in [1.54, 1.807) is 26.0 Å². The summed E-state index contributed by atoms with van der Waals surface area (Å²) in [6.45, 7) is 4.68. The standard InChI is InChI=1S/C13H16F2N2O/c1-4-5-12(9(3)14)18-10-6-8(2)13(17-16)11(15)7-10/h4-7,17H,16H2,1-3H3/b5-4-,12-9-. The number of rotatable bonds is 4. The molecule has 1 aromatic rings. The van der Waals surface area contributed by atoms with Crippen LogP contribution in [0.2, 0.25) is 0 Å². The van der Waals surface area contributed by atoms with E-state index in [1.807, 2.05) is 0 Å². The number of hydrazine groups is 1. The van der Waals surface area contributed by atoms with E-state index in [0.717, 1.165) is 6.07 Å². The van der Waals surface area contributed by atoms with Crippen molar-refractivity contribution in [2.75, 3.05) is 5.43 Å². The summed E-state index contributed by atoms with van der Waals surface area (Å²) in [5.74, 6) is 4.42. The van der Waals surface area contributed by atoms with Crippen LogP contribution in [0.3, 0.4) is 0 Å². The van der Waals surface area contributed by atoms with E-state index in [-0.39, 0.29) is 17.2 Å². The first kappa shape index (κ1) is 14.2. The molecule has 0 atom stereocenters. The van der Waals surface area contributed by atoms with Crippen LogP contribution in [0.5, 0.6) is 5.75 Å². The summed E-state index contributed by atoms with van der Waals surface area (Å²) in [4.78, 5) is 0. The van der Waals surface area contributed by atoms with Gasteiger partial charge in [-0.15, -0.1) is 0 Å². The molecule has 0 aliphatic rings. The molecule has 18 heavy (non-hydrogen) atoms. The summed E-state index contributed by atoms with van der Waals surface area (Å²) in [6.07, 6.45) is 3.11. The van der Waals surface area contributed by atoms with Gasteiger partial charge in [-0.1, -0.05) is 6.08 Å². The molecule has 0 fully saturated rings. The van der Waals surface area contributed by atoms with Gasteiger partial charge in [0.2, 0.25) is 0 Å². The van der Waals surface area contributed by atoms with E-state index in [0.29, 0.717) is 5.56 Å². The molecule has 0 saturated carbocycles. The lowest BCUT2D eigenvalue weighted by Crippen LogP contribution is -2.10. The van der Waals surface area contributed by atoms with Crippen molar-refractivity contribution in [2.24, 2.45) is 5.84 Å². The summed E-state index contributed by atoms with van der Waals surface area (Å²) in [6, 6.07) is 2.72. The topological polar surface area (TPSA) is 47.3 Å². The maximum absolute atomic E-state index is 13.6. The Bertz CT molecular complexity index is 469. The van der Waals surface area contributed by atoms with Crippen LogP contribution in [0, 0.1) is 12.7 Å². The number of hydrogen-bond acceptors (Lipinski definition) is 3. The van der Waals surface area contributed by atoms with Crippen LogP contribution in [0.1, 0.15) is 19.4 Å². The van der Waals surface area contributed by atoms with E-state index in [4.69, 9.17) is 10.6 Å². The maximum Gasteiger partial charge on any atom is 0.158 e. The molecule has 0 bridgehead atoms. The molecule has 0 aliphatic carbocycles. The van der Waals surface area contributed by atoms with Crippen molar-refractivity contribution in [1.29, 1.82) is 0 Å². The molecule has 98 valence electrons. The average Bonchev–Trinajstić information content (AvgIpc) is 2.28. The smallest absolute Gasteiger partial charge is 0.158 e. The van der Waals surface area contributed by atoms with Crippen molar-refractivity contribution in [1.82, 2.24) is 0 Å². The van der Waals surface area contributed by atoms with E-state index >= 15 is 0 Å². The van der Waals surface area contributed by atoms with E-state index in [2.05, 4.69) is 5.43 Å². The Morgan fingerprint density at radius 1 is 1.44 bits per heavy atom. The fourth-order valence-corrected chi connectivity index (χ4v) is 1.45. The van der Waals surface area contributed by atoms with Gasteiger partial charge in [-0.05, 0) is 38.5 Å². The van der Waals surface area contributed by atoms with E-state index in [1.165, 1.54) is 13.0 Å². The van der Waals surface area contributed by atoms with Crippen LogP contribution >= 0.6 is 0 Å². The highest BCUT2D eigenvalue weighted by molar-refractivity contribution is 5.54. The molecule has 0 heterocycles. The quantitative estimate of drug-likeness (QED) is 0.373. The fourth-order valence-electron chi connectivity index (χ4n) is 1.45. The van der Waals surface area contributed by atoms with Crippen molar-refractivity contribution in [3.05, 3.63) is 47.3 Å². The second-order valence-corrected chi connectivity index (χ2v) is 3.74. The molecule has 3 N–H and O–H groups in total. The number of allylic oxidation sites excluding steroid dienone is 3. The van der Waals surface area contributed by atoms with Gasteiger partial charge in [0, 0.05) is 6.07 Å². The Kier molecular flexibility index (Phi) is 4.85. The highest BCUT2D eigenvalue weighted by Gasteiger charge is 2.09. The lowest BCUT2D eigenvalue weighted by molar-refractivity contribution is 0.411. The average molecular weight is 254 g/mol. The Hall–Kier alpha value is -1.88. The molecule has 1 rings (SSSR count). The minimum absolute atomic E-state index is 0.0461. The van der Waals surface area contributed by atoms with Gasteiger partial charge in [0.25, 0.3) is 0 Å². The molecule has 3 nitrogen and oxygen atoms in total. The minimum Gasteiger partial charge on any atom is -0.455 e. The molecule has 0 unspecified atom stereocenters. The Balaban J connectivity index is 3.09. The first-order valence-corrected chi connectivity index (χ1v) is 5.43. The maximum atomic E-state index is 13.6. The molecule has 0 aliphatic heterocycles. The highest BCUT2D eigenvalue weighted by atomic mass is 19.1. The van der Waals surface area contributed by atoms with Crippen molar-refractivity contribution in [2.45, 2.75) is 20.8 Å². The van der Waals surface area contributed by atoms with Crippen LogP contribution in [0.4, 0.5) is 14.5 Å². The predicted octanol–water partition coefficient (Wildman–Crippen LogP) is 3.58. The molecule has 5 heteroatoms. The minimum atomic E-state index is -0.552. The molecule has 0 saturated heterocycles. The summed E-state index contributed by atoms with van der Waals surface area (Å²) < 4.78 is 32.0. The number of ether oxygens (including phenoxy) is 1. The lowest BCUT2D eigenvalue weighted by Gasteiger charge is -2.11. The van der Waals surface area contributed by atoms with Crippen molar-refractivity contribution >= 4 is 5.69 Å². The third-order valence-electron chi connectivity index (χ3n) is 2.29. The predicted molar refractivity (Wildman–Crippen MR) is 68.2 cm³/mol. The summed E-state index contributed by atoms with van der Waals surface area (Å²) in [7, 11) is 0. The van der Waals surface area contributed by atoms with Gasteiger partial charge in [0.1, 0.15) is 11.6 Å². The Morgan fingerprint density at radius 2 is 2.11 bits per heavy atom. The number of nitrogens with one attached hydrogen (secondary N) is 1. The van der Waals surface area contributed by atoms with Crippen LogP contribution < -0.4 is 16.0 Å². The van der Waals surface area contributed by atoms with Crippen molar-refractivity contribution < 1.29 is 13.5 Å². The van der Waals surface area contributed by atoms with Gasteiger partial charge in [-0.3, -0.25) is 5.84 Å². The van der Waals surface area contributed by atoms with Crippen LogP contribution in [-0.4, -0.2) is 0 Å². The molecular formula is C13H16F2N2O. The molecule has 0 spiro atoms. The van der Waals surface area contributed by atoms with Gasteiger partial charge in [-0.2, -0.15) is 0 Å². The highest BCUT2D eigenvalue weighted by Crippen LogP contribution is 2.26. The van der Waals surface area contributed by atoms with E-state index in [9.17, 15) is 8.78 Å². The van der Waals surface area contributed by atoms with Gasteiger partial charge in [0.15, 0.2) is 11.6 Å². The molecule has 1 aromatic carbocycles. The molecule has 0 aromatic heterocycles. The van der Waals surface area contributed by atoms with Crippen LogP contribution in [-0.2, 0) is 0 Å². The number of nitrogen functional groups attached to an aromatic ring is 1. The Morgan fingerprint density at radius 3 is 2.56 bits per heavy atom. The SMILES string of the molecule is C/C=C\C(Oc1cc(C)c(NN)c(F)c1)=C(/C)F. The van der Waals surface area contributed by atoms with Crippen LogP contribution in [0.25, 0.3) is 0 Å². The number of halogens is 2. The second kappa shape index (κ2) is 6.16. The molecular weight excluding hydrogens is 238 g/mol. The largest absolute Gasteiger partial charge is 0.455 e. The lowest BCUT2D eigenvalue weighted by atomic mass is 10.2. The zero-order valence-corrected chi connectivity index (χ0v) is 10.6. The number of benzene rings is 1. The zero-order chi connectivity index (χ0) is 13.7. The third kappa shape index (κ3) is 3.30. The summed E-state index contributed by atoms with van der Waals surface area (Å²) in [5.41, 5.74) is 3.02. The Labute approximate surface area is 105 Å². The van der Waals surface area contributed by atoms with Gasteiger partial charge in [0.05, 0.1) is 5.69 Å². The van der Waals surface area contributed by atoms with Crippen molar-refractivity contribution in [3.63, 3.8) is 0 Å². The van der Waals surface area contributed by atoms with Gasteiger partial charge in [-0.25, -0.2) is 8.78 Å².